The number of amides is 1. The summed E-state index contributed by atoms with van der Waals surface area (Å²) < 4.78 is 28.2. The van der Waals surface area contributed by atoms with E-state index in [1.165, 1.54) is 29.2 Å². The molecule has 4 aromatic rings. The van der Waals surface area contributed by atoms with Gasteiger partial charge in [0.05, 0.1) is 10.9 Å². The van der Waals surface area contributed by atoms with Crippen LogP contribution in [0.1, 0.15) is 18.3 Å². The largest absolute Gasteiger partial charge is 0.301 e. The standard InChI is InChI=1S/C19H16F2N6OS2/c1-9-6-10(2)27-17(22-9)25-19(26-27)30-11(3)16(28)24-18-23-15(8-29-18)12-4-5-13(20)14(21)7-12/h4-8,11H,1-3H3,(H,23,24,28)/t11-/m1/s1. The first-order valence-corrected chi connectivity index (χ1v) is 10.7. The molecule has 0 aliphatic rings. The van der Waals surface area contributed by atoms with Crippen molar-refractivity contribution in [1.82, 2.24) is 24.6 Å². The number of benzene rings is 1. The number of carbonyl (C=O) groups excluding carboxylic acids is 1. The monoisotopic (exact) mass is 446 g/mol. The van der Waals surface area contributed by atoms with Crippen LogP contribution in [0.25, 0.3) is 17.0 Å². The van der Waals surface area contributed by atoms with Crippen molar-refractivity contribution in [1.29, 1.82) is 0 Å². The highest BCUT2D eigenvalue weighted by atomic mass is 32.2. The molecule has 0 aliphatic heterocycles. The third kappa shape index (κ3) is 4.17. The molecule has 0 saturated carbocycles. The van der Waals surface area contributed by atoms with E-state index in [1.807, 2.05) is 19.9 Å². The predicted octanol–water partition coefficient (Wildman–Crippen LogP) is 4.26. The zero-order valence-corrected chi connectivity index (χ0v) is 17.8. The molecule has 7 nitrogen and oxygen atoms in total. The predicted molar refractivity (Wildman–Crippen MR) is 112 cm³/mol. The van der Waals surface area contributed by atoms with Crippen LogP contribution >= 0.6 is 23.1 Å². The topological polar surface area (TPSA) is 85.1 Å². The summed E-state index contributed by atoms with van der Waals surface area (Å²) in [7, 11) is 0. The number of aromatic nitrogens is 5. The fourth-order valence-electron chi connectivity index (χ4n) is 2.74. The molecule has 1 atom stereocenters. The Bertz CT molecular complexity index is 1260. The fraction of sp³-hybridized carbons (Fsp3) is 0.211. The lowest BCUT2D eigenvalue weighted by Gasteiger charge is -2.07. The molecule has 0 spiro atoms. The van der Waals surface area contributed by atoms with Crippen molar-refractivity contribution in [3.8, 4) is 11.3 Å². The molecule has 1 aromatic carbocycles. The third-order valence-electron chi connectivity index (χ3n) is 4.20. The zero-order valence-electron chi connectivity index (χ0n) is 16.2. The normalized spacial score (nSPS) is 12.3. The SMILES string of the molecule is Cc1cc(C)n2nc(S[C@H](C)C(=O)Nc3nc(-c4ccc(F)c(F)c4)cs3)nc2n1. The van der Waals surface area contributed by atoms with Gasteiger partial charge < -0.3 is 5.32 Å². The van der Waals surface area contributed by atoms with Gasteiger partial charge in [-0.2, -0.15) is 4.98 Å². The van der Waals surface area contributed by atoms with Crippen molar-refractivity contribution in [3.05, 3.63) is 52.7 Å². The molecule has 3 aromatic heterocycles. The number of thioether (sulfide) groups is 1. The maximum absolute atomic E-state index is 13.4. The van der Waals surface area contributed by atoms with Gasteiger partial charge in [-0.25, -0.2) is 23.3 Å². The van der Waals surface area contributed by atoms with Crippen LogP contribution in [0.3, 0.4) is 0 Å². The number of nitrogens with one attached hydrogen (secondary N) is 1. The van der Waals surface area contributed by atoms with Crippen LogP contribution in [0.5, 0.6) is 0 Å². The summed E-state index contributed by atoms with van der Waals surface area (Å²) in [5.74, 6) is -1.66. The van der Waals surface area contributed by atoms with E-state index < -0.39 is 16.9 Å². The van der Waals surface area contributed by atoms with Crippen molar-refractivity contribution in [2.45, 2.75) is 31.2 Å². The summed E-state index contributed by atoms with van der Waals surface area (Å²) in [4.78, 5) is 25.5. The minimum absolute atomic E-state index is 0.272. The number of nitrogens with zero attached hydrogens (tertiary/aromatic N) is 5. The highest BCUT2D eigenvalue weighted by molar-refractivity contribution is 8.00. The number of hydrogen-bond donors (Lipinski definition) is 1. The first-order chi connectivity index (χ1) is 14.3. The molecule has 4 rings (SSSR count). The van der Waals surface area contributed by atoms with Gasteiger partial charge in [-0.15, -0.1) is 16.4 Å². The maximum Gasteiger partial charge on any atom is 0.253 e. The van der Waals surface area contributed by atoms with Crippen LogP contribution in [0.4, 0.5) is 13.9 Å². The summed E-state index contributed by atoms with van der Waals surface area (Å²) in [6.07, 6.45) is 0. The molecule has 0 radical (unpaired) electrons. The number of thiazole rings is 1. The molecule has 3 heterocycles. The number of aryl methyl sites for hydroxylation is 2. The average Bonchev–Trinajstić information content (AvgIpc) is 3.31. The molecule has 0 fully saturated rings. The minimum Gasteiger partial charge on any atom is -0.301 e. The molecule has 11 heteroatoms. The van der Waals surface area contributed by atoms with Crippen LogP contribution in [-0.2, 0) is 4.79 Å². The number of anilines is 1. The highest BCUT2D eigenvalue weighted by Gasteiger charge is 2.19. The van der Waals surface area contributed by atoms with Crippen LogP contribution in [-0.4, -0.2) is 35.7 Å². The Morgan fingerprint density at radius 2 is 1.97 bits per heavy atom. The molecular formula is C19H16F2N6OS2. The summed E-state index contributed by atoms with van der Waals surface area (Å²) in [6.45, 7) is 5.53. The van der Waals surface area contributed by atoms with Gasteiger partial charge in [0.15, 0.2) is 16.8 Å². The van der Waals surface area contributed by atoms with Crippen molar-refractivity contribution >= 4 is 39.9 Å². The molecule has 154 valence electrons. The smallest absolute Gasteiger partial charge is 0.253 e. The van der Waals surface area contributed by atoms with E-state index in [4.69, 9.17) is 0 Å². The Morgan fingerprint density at radius 3 is 2.73 bits per heavy atom. The van der Waals surface area contributed by atoms with Gasteiger partial charge in [-0.3, -0.25) is 4.79 Å². The number of hydrogen-bond acceptors (Lipinski definition) is 7. The second kappa shape index (κ2) is 8.07. The molecule has 30 heavy (non-hydrogen) atoms. The molecule has 1 amide bonds. The van der Waals surface area contributed by atoms with E-state index in [0.717, 1.165) is 23.5 Å². The fourth-order valence-corrected chi connectivity index (χ4v) is 4.20. The Hall–Kier alpha value is -2.92. The van der Waals surface area contributed by atoms with E-state index in [0.29, 0.717) is 27.3 Å². The third-order valence-corrected chi connectivity index (χ3v) is 5.91. The van der Waals surface area contributed by atoms with E-state index in [2.05, 4.69) is 25.4 Å². The second-order valence-corrected chi connectivity index (χ2v) is 8.73. The minimum atomic E-state index is -0.948. The molecule has 1 N–H and O–H groups in total. The van der Waals surface area contributed by atoms with Gasteiger partial charge in [-0.1, -0.05) is 11.8 Å². The van der Waals surface area contributed by atoms with Gasteiger partial charge in [0.1, 0.15) is 0 Å². The Kier molecular flexibility index (Phi) is 5.48. The van der Waals surface area contributed by atoms with Crippen LogP contribution < -0.4 is 5.32 Å². The summed E-state index contributed by atoms with van der Waals surface area (Å²) in [5, 5.41) is 9.11. The van der Waals surface area contributed by atoms with E-state index in [-0.39, 0.29) is 5.91 Å². The number of carbonyl (C=O) groups is 1. The first kappa shape index (κ1) is 20.4. The lowest BCUT2D eigenvalue weighted by molar-refractivity contribution is -0.115. The Labute approximate surface area is 178 Å². The molecule has 0 saturated heterocycles. The van der Waals surface area contributed by atoms with Gasteiger partial charge >= 0.3 is 0 Å². The highest BCUT2D eigenvalue weighted by Crippen LogP contribution is 2.27. The van der Waals surface area contributed by atoms with Crippen molar-refractivity contribution in [3.63, 3.8) is 0 Å². The van der Waals surface area contributed by atoms with E-state index in [1.54, 1.807) is 16.8 Å². The van der Waals surface area contributed by atoms with Gasteiger partial charge in [-0.05, 0) is 45.0 Å². The lowest BCUT2D eigenvalue weighted by atomic mass is 10.2. The lowest BCUT2D eigenvalue weighted by Crippen LogP contribution is -2.22. The van der Waals surface area contributed by atoms with E-state index >= 15 is 0 Å². The van der Waals surface area contributed by atoms with Gasteiger partial charge in [0, 0.05) is 22.3 Å². The Balaban J connectivity index is 1.44. The number of halogens is 2. The van der Waals surface area contributed by atoms with E-state index in [9.17, 15) is 13.6 Å². The zero-order chi connectivity index (χ0) is 21.4. The second-order valence-electron chi connectivity index (χ2n) is 6.56. The molecule has 0 unspecified atom stereocenters. The van der Waals surface area contributed by atoms with Crippen LogP contribution in [0, 0.1) is 25.5 Å². The maximum atomic E-state index is 13.4. The summed E-state index contributed by atoms with van der Waals surface area (Å²) in [6, 6.07) is 5.45. The number of rotatable bonds is 5. The molecular weight excluding hydrogens is 430 g/mol. The Morgan fingerprint density at radius 1 is 1.17 bits per heavy atom. The summed E-state index contributed by atoms with van der Waals surface area (Å²) >= 11 is 2.41. The van der Waals surface area contributed by atoms with Gasteiger partial charge in [0.2, 0.25) is 11.1 Å². The first-order valence-electron chi connectivity index (χ1n) is 8.89. The quantitative estimate of drug-likeness (QED) is 0.461. The van der Waals surface area contributed by atoms with Crippen LogP contribution in [0.2, 0.25) is 0 Å². The van der Waals surface area contributed by atoms with Crippen molar-refractivity contribution in [2.75, 3.05) is 5.32 Å². The van der Waals surface area contributed by atoms with Crippen molar-refractivity contribution < 1.29 is 13.6 Å². The van der Waals surface area contributed by atoms with Gasteiger partial charge in [0.25, 0.3) is 5.78 Å². The number of fused-ring (bicyclic) bond motifs is 1. The van der Waals surface area contributed by atoms with Crippen LogP contribution in [0.15, 0.2) is 34.8 Å². The van der Waals surface area contributed by atoms with Crippen molar-refractivity contribution in [2.24, 2.45) is 0 Å². The molecule has 0 bridgehead atoms. The summed E-state index contributed by atoms with van der Waals surface area (Å²) in [5.41, 5.74) is 2.63. The molecule has 0 aliphatic carbocycles. The average molecular weight is 447 g/mol.